The lowest BCUT2D eigenvalue weighted by Gasteiger charge is -2.03. The zero-order chi connectivity index (χ0) is 12.9. The number of nitrogens with zero attached hydrogens (tertiary/aromatic N) is 2. The topological polar surface area (TPSA) is 51.0 Å². The van der Waals surface area contributed by atoms with Crippen LogP contribution in [-0.2, 0) is 13.0 Å². The monoisotopic (exact) mass is 251 g/mol. The molecular formula is C10H16F3N3O. The summed E-state index contributed by atoms with van der Waals surface area (Å²) in [4.78, 5) is 3.87. The van der Waals surface area contributed by atoms with Gasteiger partial charge in [0.2, 0.25) is 5.89 Å². The molecule has 0 bridgehead atoms. The molecule has 0 aliphatic rings. The van der Waals surface area contributed by atoms with E-state index in [2.05, 4.69) is 29.3 Å². The average Bonchev–Trinajstić information content (AvgIpc) is 2.61. The highest BCUT2D eigenvalue weighted by molar-refractivity contribution is 4.86. The third-order valence-corrected chi connectivity index (χ3v) is 1.97. The first-order valence-corrected chi connectivity index (χ1v) is 5.46. The Labute approximate surface area is 97.6 Å². The predicted octanol–water partition coefficient (Wildman–Crippen LogP) is 2.31. The number of aryl methyl sites for hydroxylation is 1. The van der Waals surface area contributed by atoms with Crippen LogP contribution in [0.2, 0.25) is 0 Å². The van der Waals surface area contributed by atoms with E-state index in [1.165, 1.54) is 0 Å². The van der Waals surface area contributed by atoms with E-state index in [9.17, 15) is 13.2 Å². The molecule has 98 valence electrons. The average molecular weight is 251 g/mol. The van der Waals surface area contributed by atoms with Crippen molar-refractivity contribution in [3.63, 3.8) is 0 Å². The number of alkyl halides is 3. The number of rotatable bonds is 6. The molecule has 0 spiro atoms. The second-order valence-corrected chi connectivity index (χ2v) is 4.24. The minimum atomic E-state index is -4.18. The number of hydrogen-bond acceptors (Lipinski definition) is 4. The molecule has 1 aromatic rings. The summed E-state index contributed by atoms with van der Waals surface area (Å²) in [7, 11) is 0. The van der Waals surface area contributed by atoms with Crippen LogP contribution < -0.4 is 5.32 Å². The molecule has 0 unspecified atom stereocenters. The fourth-order valence-corrected chi connectivity index (χ4v) is 1.18. The van der Waals surface area contributed by atoms with Gasteiger partial charge in [-0.3, -0.25) is 0 Å². The SMILES string of the molecule is CC(C)CNCc1nc(CCC(F)(F)F)no1. The Morgan fingerprint density at radius 3 is 2.65 bits per heavy atom. The van der Waals surface area contributed by atoms with Crippen LogP contribution in [0.5, 0.6) is 0 Å². The normalized spacial score (nSPS) is 12.4. The second-order valence-electron chi connectivity index (χ2n) is 4.24. The third-order valence-electron chi connectivity index (χ3n) is 1.97. The Morgan fingerprint density at radius 1 is 1.35 bits per heavy atom. The maximum Gasteiger partial charge on any atom is 0.389 e. The minimum Gasteiger partial charge on any atom is -0.338 e. The van der Waals surface area contributed by atoms with Crippen LogP contribution in [-0.4, -0.2) is 22.9 Å². The summed E-state index contributed by atoms with van der Waals surface area (Å²) in [6.45, 7) is 5.28. The molecule has 1 aromatic heterocycles. The molecular weight excluding hydrogens is 235 g/mol. The number of nitrogens with one attached hydrogen (secondary N) is 1. The van der Waals surface area contributed by atoms with Gasteiger partial charge in [-0.15, -0.1) is 0 Å². The van der Waals surface area contributed by atoms with Crippen molar-refractivity contribution < 1.29 is 17.7 Å². The van der Waals surface area contributed by atoms with Crippen LogP contribution in [0.4, 0.5) is 13.2 Å². The zero-order valence-electron chi connectivity index (χ0n) is 9.84. The highest BCUT2D eigenvalue weighted by Gasteiger charge is 2.27. The molecule has 0 aliphatic heterocycles. The van der Waals surface area contributed by atoms with Crippen molar-refractivity contribution in [3.8, 4) is 0 Å². The number of hydrogen-bond donors (Lipinski definition) is 1. The molecule has 1 heterocycles. The molecule has 17 heavy (non-hydrogen) atoms. The quantitative estimate of drug-likeness (QED) is 0.843. The Balaban J connectivity index is 2.32. The molecule has 0 atom stereocenters. The first kappa shape index (κ1) is 14.0. The van der Waals surface area contributed by atoms with Gasteiger partial charge in [0.05, 0.1) is 13.0 Å². The van der Waals surface area contributed by atoms with E-state index in [1.807, 2.05) is 0 Å². The molecule has 7 heteroatoms. The molecule has 0 saturated heterocycles. The summed E-state index contributed by atoms with van der Waals surface area (Å²) in [6, 6.07) is 0. The lowest BCUT2D eigenvalue weighted by molar-refractivity contribution is -0.134. The highest BCUT2D eigenvalue weighted by Crippen LogP contribution is 2.21. The van der Waals surface area contributed by atoms with Crippen molar-refractivity contribution in [1.29, 1.82) is 0 Å². The van der Waals surface area contributed by atoms with Crippen molar-refractivity contribution in [3.05, 3.63) is 11.7 Å². The van der Waals surface area contributed by atoms with Gasteiger partial charge in [0.25, 0.3) is 0 Å². The van der Waals surface area contributed by atoms with Crippen molar-refractivity contribution in [1.82, 2.24) is 15.5 Å². The fourth-order valence-electron chi connectivity index (χ4n) is 1.18. The zero-order valence-corrected chi connectivity index (χ0v) is 9.84. The van der Waals surface area contributed by atoms with Gasteiger partial charge in [0, 0.05) is 6.42 Å². The van der Waals surface area contributed by atoms with Crippen LogP contribution in [0.1, 0.15) is 32.0 Å². The van der Waals surface area contributed by atoms with E-state index < -0.39 is 12.6 Å². The summed E-state index contributed by atoms with van der Waals surface area (Å²) < 4.78 is 40.6. The van der Waals surface area contributed by atoms with Crippen LogP contribution in [0.25, 0.3) is 0 Å². The minimum absolute atomic E-state index is 0.101. The van der Waals surface area contributed by atoms with Gasteiger partial charge in [0.15, 0.2) is 5.82 Å². The van der Waals surface area contributed by atoms with E-state index in [-0.39, 0.29) is 12.2 Å². The molecule has 0 aromatic carbocycles. The molecule has 0 fully saturated rings. The van der Waals surface area contributed by atoms with Crippen LogP contribution >= 0.6 is 0 Å². The van der Waals surface area contributed by atoms with E-state index >= 15 is 0 Å². The lowest BCUT2D eigenvalue weighted by atomic mass is 10.2. The molecule has 0 aliphatic carbocycles. The van der Waals surface area contributed by atoms with Gasteiger partial charge in [0.1, 0.15) is 0 Å². The van der Waals surface area contributed by atoms with E-state index in [0.29, 0.717) is 18.4 Å². The molecule has 4 nitrogen and oxygen atoms in total. The maximum absolute atomic E-state index is 11.9. The van der Waals surface area contributed by atoms with Crippen LogP contribution in [0.3, 0.4) is 0 Å². The first-order chi connectivity index (χ1) is 7.87. The van der Waals surface area contributed by atoms with Gasteiger partial charge in [-0.2, -0.15) is 18.2 Å². The summed E-state index contributed by atoms with van der Waals surface area (Å²) >= 11 is 0. The third kappa shape index (κ3) is 6.25. The summed E-state index contributed by atoms with van der Waals surface area (Å²) in [5.74, 6) is 0.911. The summed E-state index contributed by atoms with van der Waals surface area (Å²) in [5.41, 5.74) is 0. The van der Waals surface area contributed by atoms with E-state index in [0.717, 1.165) is 6.54 Å². The van der Waals surface area contributed by atoms with Gasteiger partial charge in [-0.25, -0.2) is 0 Å². The van der Waals surface area contributed by atoms with Gasteiger partial charge in [-0.1, -0.05) is 19.0 Å². The molecule has 1 N–H and O–H groups in total. The van der Waals surface area contributed by atoms with Crippen molar-refractivity contribution >= 4 is 0 Å². The fraction of sp³-hybridized carbons (Fsp3) is 0.800. The lowest BCUT2D eigenvalue weighted by Crippen LogP contribution is -2.19. The van der Waals surface area contributed by atoms with Crippen molar-refractivity contribution in [2.24, 2.45) is 5.92 Å². The summed E-state index contributed by atoms with van der Waals surface area (Å²) in [6.07, 6.45) is -5.35. The molecule has 0 amide bonds. The number of aromatic nitrogens is 2. The Kier molecular flexibility index (Phi) is 4.92. The van der Waals surface area contributed by atoms with E-state index in [4.69, 9.17) is 4.52 Å². The second kappa shape index (κ2) is 6.00. The van der Waals surface area contributed by atoms with Gasteiger partial charge >= 0.3 is 6.18 Å². The predicted molar refractivity (Wildman–Crippen MR) is 55.2 cm³/mol. The Morgan fingerprint density at radius 2 is 2.06 bits per heavy atom. The highest BCUT2D eigenvalue weighted by atomic mass is 19.4. The Hall–Kier alpha value is -1.11. The Bertz CT molecular complexity index is 336. The van der Waals surface area contributed by atoms with Crippen molar-refractivity contribution in [2.45, 2.75) is 39.4 Å². The molecule has 0 radical (unpaired) electrons. The standard InChI is InChI=1S/C10H16F3N3O/c1-7(2)5-14-6-9-15-8(16-17-9)3-4-10(11,12)13/h7,14H,3-6H2,1-2H3. The molecule has 1 rings (SSSR count). The molecule has 0 saturated carbocycles. The van der Waals surface area contributed by atoms with Gasteiger partial charge in [-0.05, 0) is 12.5 Å². The maximum atomic E-state index is 11.9. The van der Waals surface area contributed by atoms with Crippen molar-refractivity contribution in [2.75, 3.05) is 6.54 Å². The number of halogens is 3. The smallest absolute Gasteiger partial charge is 0.338 e. The van der Waals surface area contributed by atoms with E-state index in [1.54, 1.807) is 0 Å². The van der Waals surface area contributed by atoms with Crippen LogP contribution in [0.15, 0.2) is 4.52 Å². The summed E-state index contributed by atoms with van der Waals surface area (Å²) in [5, 5.41) is 6.56. The largest absolute Gasteiger partial charge is 0.389 e. The van der Waals surface area contributed by atoms with Crippen LogP contribution in [0, 0.1) is 5.92 Å². The van der Waals surface area contributed by atoms with Gasteiger partial charge < -0.3 is 9.84 Å². The first-order valence-electron chi connectivity index (χ1n) is 5.46.